The van der Waals surface area contributed by atoms with Crippen molar-refractivity contribution in [2.24, 2.45) is 0 Å². The normalized spacial score (nSPS) is 11.4. The van der Waals surface area contributed by atoms with Crippen LogP contribution in [-0.2, 0) is 13.0 Å². The predicted octanol–water partition coefficient (Wildman–Crippen LogP) is 5.19. The summed E-state index contributed by atoms with van der Waals surface area (Å²) >= 11 is 0. The van der Waals surface area contributed by atoms with Gasteiger partial charge in [-0.05, 0) is 37.5 Å². The summed E-state index contributed by atoms with van der Waals surface area (Å²) in [5.74, 6) is 0.960. The van der Waals surface area contributed by atoms with Gasteiger partial charge in [-0.25, -0.2) is 0 Å². The van der Waals surface area contributed by atoms with E-state index in [9.17, 15) is 0 Å². The minimum absolute atomic E-state index is 0.853. The van der Waals surface area contributed by atoms with E-state index in [1.807, 2.05) is 0 Å². The number of aryl methyl sites for hydroxylation is 1. The van der Waals surface area contributed by atoms with Gasteiger partial charge in [-0.2, -0.15) is 0 Å². The van der Waals surface area contributed by atoms with Crippen molar-refractivity contribution < 1.29 is 4.74 Å². The largest absolute Gasteiger partial charge is 0.496 e. The Morgan fingerprint density at radius 1 is 1.14 bits per heavy atom. The van der Waals surface area contributed by atoms with E-state index < -0.39 is 0 Å². The van der Waals surface area contributed by atoms with E-state index in [0.717, 1.165) is 24.4 Å². The lowest BCUT2D eigenvalue weighted by Crippen LogP contribution is -2.20. The molecule has 0 atom stereocenters. The molecule has 0 radical (unpaired) electrons. The van der Waals surface area contributed by atoms with Crippen LogP contribution in [0.15, 0.2) is 60.3 Å². The molecule has 0 aliphatic rings. The molecule has 0 bridgehead atoms. The molecule has 2 rings (SSSR count). The molecule has 0 heterocycles. The van der Waals surface area contributed by atoms with Crippen LogP contribution in [0.4, 0.5) is 5.69 Å². The van der Waals surface area contributed by atoms with Crippen LogP contribution in [0.5, 0.6) is 5.75 Å². The number of allylic oxidation sites excluding steroid dienone is 2. The topological polar surface area (TPSA) is 12.5 Å². The van der Waals surface area contributed by atoms with E-state index in [-0.39, 0.29) is 0 Å². The smallest absolute Gasteiger partial charge is 0.124 e. The van der Waals surface area contributed by atoms with Gasteiger partial charge in [0.15, 0.2) is 0 Å². The molecule has 2 heteroatoms. The molecule has 0 aliphatic carbocycles. The maximum absolute atomic E-state index is 5.54. The van der Waals surface area contributed by atoms with Gasteiger partial charge in [0.25, 0.3) is 0 Å². The predicted molar refractivity (Wildman–Crippen MR) is 94.4 cm³/mol. The Balaban J connectivity index is 2.37. The lowest BCUT2D eigenvalue weighted by Gasteiger charge is -2.26. The molecule has 0 fully saturated rings. The highest BCUT2D eigenvalue weighted by Gasteiger charge is 2.12. The van der Waals surface area contributed by atoms with Crippen LogP contribution >= 0.6 is 0 Å². The molecule has 0 saturated heterocycles. The zero-order valence-electron chi connectivity index (χ0n) is 14.0. The third kappa shape index (κ3) is 3.70. The molecule has 2 aromatic carbocycles. The quantitative estimate of drug-likeness (QED) is 0.727. The van der Waals surface area contributed by atoms with E-state index in [1.54, 1.807) is 7.11 Å². The van der Waals surface area contributed by atoms with E-state index >= 15 is 0 Å². The molecule has 22 heavy (non-hydrogen) atoms. The van der Waals surface area contributed by atoms with Crippen molar-refractivity contribution >= 4 is 5.69 Å². The highest BCUT2D eigenvalue weighted by atomic mass is 16.5. The zero-order valence-corrected chi connectivity index (χ0v) is 14.0. The number of anilines is 1. The molecule has 116 valence electrons. The average Bonchev–Trinajstić information content (AvgIpc) is 2.59. The van der Waals surface area contributed by atoms with Crippen molar-refractivity contribution in [1.29, 1.82) is 0 Å². The number of methoxy groups -OCH3 is 1. The summed E-state index contributed by atoms with van der Waals surface area (Å²) in [7, 11) is 1.74. The van der Waals surface area contributed by atoms with Crippen LogP contribution in [-0.4, -0.2) is 7.11 Å². The fourth-order valence-corrected chi connectivity index (χ4v) is 2.53. The molecule has 0 N–H and O–H groups in total. The monoisotopic (exact) mass is 295 g/mol. The average molecular weight is 295 g/mol. The van der Waals surface area contributed by atoms with Gasteiger partial charge in [-0.3, -0.25) is 0 Å². The molecule has 0 aliphatic heterocycles. The third-order valence-corrected chi connectivity index (χ3v) is 3.99. The molecule has 0 amide bonds. The number of rotatable bonds is 6. The zero-order chi connectivity index (χ0) is 15.9. The number of hydrogen-bond acceptors (Lipinski definition) is 2. The molecular formula is C20H25NO. The van der Waals surface area contributed by atoms with E-state index in [0.29, 0.717) is 0 Å². The maximum atomic E-state index is 5.54. The first kappa shape index (κ1) is 16.2. The lowest BCUT2D eigenvalue weighted by atomic mass is 10.1. The van der Waals surface area contributed by atoms with Crippen molar-refractivity contribution in [1.82, 2.24) is 0 Å². The Kier molecular flexibility index (Phi) is 5.65. The van der Waals surface area contributed by atoms with Crippen molar-refractivity contribution in [3.8, 4) is 5.75 Å². The molecule has 2 aromatic rings. The Morgan fingerprint density at radius 2 is 1.86 bits per heavy atom. The van der Waals surface area contributed by atoms with E-state index in [2.05, 4.69) is 80.3 Å². The van der Waals surface area contributed by atoms with Gasteiger partial charge in [0, 0.05) is 24.0 Å². The third-order valence-electron chi connectivity index (χ3n) is 3.99. The second-order valence-electron chi connectivity index (χ2n) is 5.35. The lowest BCUT2D eigenvalue weighted by molar-refractivity contribution is 0.410. The van der Waals surface area contributed by atoms with Gasteiger partial charge in [-0.1, -0.05) is 49.4 Å². The number of nitrogens with zero attached hydrogens (tertiary/aromatic N) is 1. The first-order valence-electron chi connectivity index (χ1n) is 7.80. The minimum atomic E-state index is 0.853. The molecule has 0 aromatic heterocycles. The first-order valence-corrected chi connectivity index (χ1v) is 7.80. The Hall–Kier alpha value is -2.22. The van der Waals surface area contributed by atoms with Crippen LogP contribution in [0.2, 0.25) is 0 Å². The van der Waals surface area contributed by atoms with E-state index in [4.69, 9.17) is 4.74 Å². The highest BCUT2D eigenvalue weighted by Crippen LogP contribution is 2.29. The van der Waals surface area contributed by atoms with Crippen molar-refractivity contribution in [3.63, 3.8) is 0 Å². The van der Waals surface area contributed by atoms with Crippen molar-refractivity contribution in [2.75, 3.05) is 12.0 Å². The van der Waals surface area contributed by atoms with Crippen LogP contribution < -0.4 is 9.64 Å². The van der Waals surface area contributed by atoms with Crippen molar-refractivity contribution in [2.45, 2.75) is 33.7 Å². The summed E-state index contributed by atoms with van der Waals surface area (Å²) in [5, 5.41) is 0. The summed E-state index contributed by atoms with van der Waals surface area (Å²) in [6.07, 6.45) is 3.12. The van der Waals surface area contributed by atoms with Crippen LogP contribution in [0.3, 0.4) is 0 Å². The number of benzene rings is 2. The molecule has 0 unspecified atom stereocenters. The maximum Gasteiger partial charge on any atom is 0.124 e. The Bertz CT molecular complexity index is 631. The highest BCUT2D eigenvalue weighted by molar-refractivity contribution is 5.57. The SMILES string of the molecule is C/C=C(\C)N(Cc1ccccc1)c1ccc(CC)c(OC)c1. The molecule has 0 spiro atoms. The summed E-state index contributed by atoms with van der Waals surface area (Å²) < 4.78 is 5.54. The van der Waals surface area contributed by atoms with Crippen LogP contribution in [0.1, 0.15) is 31.9 Å². The molecular weight excluding hydrogens is 270 g/mol. The Labute approximate surface area is 134 Å². The van der Waals surface area contributed by atoms with Gasteiger partial charge in [0.1, 0.15) is 5.75 Å². The molecule has 0 saturated carbocycles. The van der Waals surface area contributed by atoms with Crippen LogP contribution in [0, 0.1) is 0 Å². The van der Waals surface area contributed by atoms with Gasteiger partial charge in [0.2, 0.25) is 0 Å². The second kappa shape index (κ2) is 7.69. The Morgan fingerprint density at radius 3 is 2.45 bits per heavy atom. The van der Waals surface area contributed by atoms with Gasteiger partial charge in [-0.15, -0.1) is 0 Å². The van der Waals surface area contributed by atoms with E-state index in [1.165, 1.54) is 16.8 Å². The van der Waals surface area contributed by atoms with Gasteiger partial charge in [0.05, 0.1) is 7.11 Å². The number of hydrogen-bond donors (Lipinski definition) is 0. The van der Waals surface area contributed by atoms with Crippen LogP contribution in [0.25, 0.3) is 0 Å². The molecule has 2 nitrogen and oxygen atoms in total. The fraction of sp³-hybridized carbons (Fsp3) is 0.300. The summed E-state index contributed by atoms with van der Waals surface area (Å²) in [6, 6.07) is 17.0. The summed E-state index contributed by atoms with van der Waals surface area (Å²) in [5.41, 5.74) is 4.93. The van der Waals surface area contributed by atoms with Crippen molar-refractivity contribution in [3.05, 3.63) is 71.4 Å². The number of ether oxygens (including phenoxy) is 1. The fourth-order valence-electron chi connectivity index (χ4n) is 2.53. The minimum Gasteiger partial charge on any atom is -0.496 e. The van der Waals surface area contributed by atoms with Gasteiger partial charge >= 0.3 is 0 Å². The summed E-state index contributed by atoms with van der Waals surface area (Å²) in [4.78, 5) is 2.32. The second-order valence-corrected chi connectivity index (χ2v) is 5.35. The first-order chi connectivity index (χ1) is 10.7. The summed E-state index contributed by atoms with van der Waals surface area (Å²) in [6.45, 7) is 7.22. The van der Waals surface area contributed by atoms with Gasteiger partial charge < -0.3 is 9.64 Å². The standard InChI is InChI=1S/C20H25NO/c1-5-16(3)21(15-17-10-8-7-9-11-17)19-13-12-18(6-2)20(14-19)22-4/h5,7-14H,6,15H2,1-4H3/b16-5+.